The molecule has 0 radical (unpaired) electrons. The summed E-state index contributed by atoms with van der Waals surface area (Å²) in [6, 6.07) is 94.5. The van der Waals surface area contributed by atoms with Crippen LogP contribution in [0.25, 0.3) is 86.7 Å². The molecular weight excluding hydrogens is 2610 g/mol. The summed E-state index contributed by atoms with van der Waals surface area (Å²) in [5, 5.41) is 88.9. The molecule has 0 atom stereocenters. The fourth-order valence-corrected chi connectivity index (χ4v) is 16.5. The molecule has 23 N–H and O–H groups in total. The van der Waals surface area contributed by atoms with Gasteiger partial charge in [-0.1, -0.05) is 381 Å². The Labute approximate surface area is 935 Å². The van der Waals surface area contributed by atoms with E-state index in [1.54, 1.807) is 30.3 Å². The number of aromatic nitrogens is 4. The second kappa shape index (κ2) is 81.7. The first kappa shape index (κ1) is 141. The van der Waals surface area contributed by atoms with Crippen LogP contribution in [0.1, 0.15) is 230 Å². The van der Waals surface area contributed by atoms with Gasteiger partial charge in [-0.15, -0.1) is 0 Å². The quantitative estimate of drug-likeness (QED) is 0.0187. The van der Waals surface area contributed by atoms with Crippen LogP contribution >= 0.6 is 0 Å². The third-order valence-corrected chi connectivity index (χ3v) is 22.8. The van der Waals surface area contributed by atoms with E-state index >= 15 is 0 Å². The van der Waals surface area contributed by atoms with Gasteiger partial charge in [-0.3, -0.25) is 39.1 Å². The molecule has 3 amide bonds. The molecule has 149 heavy (non-hydrogen) atoms. The van der Waals surface area contributed by atoms with Gasteiger partial charge in [0.2, 0.25) is 0 Å². The maximum atomic E-state index is 10.5. The molecule has 0 spiro atoms. The van der Waals surface area contributed by atoms with Gasteiger partial charge in [0.1, 0.15) is 0 Å². The number of amides is 3. The van der Waals surface area contributed by atoms with Crippen LogP contribution in [0, 0.1) is 16.7 Å². The van der Waals surface area contributed by atoms with E-state index in [1.165, 1.54) is 141 Å². The van der Waals surface area contributed by atoms with Crippen LogP contribution < -0.4 is 40.6 Å². The minimum Gasteiger partial charge on any atom is -0.481 e. The molecule has 0 bridgehead atoms. The largest absolute Gasteiger partial charge is 0.481 e. The molecule has 2 fully saturated rings. The Balaban J connectivity index is -0.00000156. The summed E-state index contributed by atoms with van der Waals surface area (Å²) in [6.45, 7) is 15.8. The van der Waals surface area contributed by atoms with Crippen LogP contribution in [0.5, 0.6) is 0 Å². The Kier molecular flexibility index (Phi) is 77.3. The number of nitrogens with zero attached hydrogens (tertiary/aromatic N) is 4. The van der Waals surface area contributed by atoms with E-state index in [2.05, 4.69) is 192 Å². The number of carboxylic acids is 5. The van der Waals surface area contributed by atoms with E-state index in [9.17, 15) is 38.4 Å². The van der Waals surface area contributed by atoms with Gasteiger partial charge in [0.15, 0.2) is 0 Å². The zero-order chi connectivity index (χ0) is 102. The zero-order valence-corrected chi connectivity index (χ0v) is 95.9. The Morgan fingerprint density at radius 3 is 0.926 bits per heavy atom. The van der Waals surface area contributed by atoms with Crippen molar-refractivity contribution in [2.45, 2.75) is 228 Å². The number of rotatable bonds is 25. The van der Waals surface area contributed by atoms with Crippen molar-refractivity contribution in [3.63, 3.8) is 0 Å². The standard InChI is InChI=1S/4C13H9N.C10H12O2.C10H20O2.C9H11NO2.C8H14O2.C8H16O2.C7H13NO2.C7H15NO2.C7H6O2.4H3N.4Pt/c4*1-2-6-11-10(5-1)9-14-13-8-4-3-7-12(11)13;11-10(12)8-4-7-9-5-2-1-3-6-9;1-9(2,3)7-10(4,5)6-8(11)12;11-9(12)10-7-6-8-4-2-1-3-5-8;9-8(10)6-7-4-2-1-3-5-7;1-2-3-4-5-6-7-8(9)10;9-7(10)8-6-4-2-1-3-5-6;1-2-3-4-5-6-8-7(9)10;8-7(9)6-4-2-1-3-5-6;;;;;;;;/h4*1-9H;1-3,5-6H,4,7-8H2,(H,11,12);6-7H2,1-5H3,(H,11,12);1-5,10H,6-7H2,(H,11,12);7H,1-6H2,(H,9,10);2-7H2,1H3,(H,9,10);6,8H,1-5H2,(H,9,10);8H,2-6H2,1H3,(H,9,10);1-5H,(H,8,9);4*1H3;;;;. The summed E-state index contributed by atoms with van der Waals surface area (Å²) < 4.78 is 0. The zero-order valence-electron chi connectivity index (χ0n) is 86.8. The molecule has 31 heteroatoms. The van der Waals surface area contributed by atoms with Crippen LogP contribution in [-0.2, 0) is 116 Å². The summed E-state index contributed by atoms with van der Waals surface area (Å²) in [5.41, 5.74) is 7.04. The minimum atomic E-state index is -0.967. The van der Waals surface area contributed by atoms with Crippen LogP contribution in [0.3, 0.4) is 0 Å². The topological polar surface area (TPSA) is 526 Å². The maximum absolute atomic E-state index is 10.5. The third-order valence-electron chi connectivity index (χ3n) is 22.8. The number of carboxylic acid groups (broad SMARTS) is 8. The number of pyridine rings is 4. The number of benzene rings is 11. The molecule has 818 valence electrons. The molecule has 11 aromatic carbocycles. The summed E-state index contributed by atoms with van der Waals surface area (Å²) in [7, 11) is 0. The number of para-hydroxylation sites is 4. The fraction of sp³-hybridized carbons (Fsp3) is 0.339. The number of aromatic carboxylic acids is 1. The van der Waals surface area contributed by atoms with Gasteiger partial charge in [0.05, 0.1) is 34.1 Å². The molecule has 15 aromatic rings. The Morgan fingerprint density at radius 2 is 0.611 bits per heavy atom. The van der Waals surface area contributed by atoms with E-state index in [0.717, 1.165) is 105 Å². The number of aryl methyl sites for hydroxylation is 1. The van der Waals surface area contributed by atoms with E-state index in [-0.39, 0.29) is 139 Å². The molecule has 4 heterocycles. The van der Waals surface area contributed by atoms with Crippen molar-refractivity contribution in [1.82, 2.24) is 60.5 Å². The van der Waals surface area contributed by atoms with Crippen molar-refractivity contribution in [3.8, 4) is 0 Å². The van der Waals surface area contributed by atoms with Crippen molar-refractivity contribution in [3.05, 3.63) is 327 Å². The van der Waals surface area contributed by atoms with Crippen molar-refractivity contribution in [1.29, 1.82) is 0 Å². The number of hydrogen-bond acceptors (Lipinski definition) is 16. The van der Waals surface area contributed by atoms with Gasteiger partial charge >= 0.3 is 48.1 Å². The average Bonchev–Trinajstić information content (AvgIpc) is 0.810. The summed E-state index contributed by atoms with van der Waals surface area (Å²) >= 11 is 0. The number of unbranched alkanes of at least 4 members (excludes halogenated alkanes) is 7. The molecule has 27 nitrogen and oxygen atoms in total. The van der Waals surface area contributed by atoms with Crippen molar-refractivity contribution in [2.24, 2.45) is 16.7 Å². The summed E-state index contributed by atoms with van der Waals surface area (Å²) in [5.74, 6) is -3.12. The number of hydrogen-bond donors (Lipinski definition) is 15. The number of carbonyl (C=O) groups is 8. The minimum absolute atomic E-state index is 0. The predicted molar refractivity (Wildman–Crippen MR) is 592 cm³/mol. The average molecular weight is 2760 g/mol. The van der Waals surface area contributed by atoms with Gasteiger partial charge in [-0.25, -0.2) is 19.2 Å². The maximum Gasteiger partial charge on any atom is 0.404 e. The number of aliphatic carboxylic acids is 4. The summed E-state index contributed by atoms with van der Waals surface area (Å²) in [6.07, 6.45) is 31.1. The second-order valence-corrected chi connectivity index (χ2v) is 36.5. The molecule has 2 aliphatic carbocycles. The Bertz CT molecular complexity index is 5480. The van der Waals surface area contributed by atoms with Crippen molar-refractivity contribution >= 4 is 135 Å². The van der Waals surface area contributed by atoms with Gasteiger partial charge in [-0.2, -0.15) is 0 Å². The summed E-state index contributed by atoms with van der Waals surface area (Å²) in [4.78, 5) is 99.0. The molecular formula is C118H155N11O16Pt4. The van der Waals surface area contributed by atoms with E-state index in [4.69, 9.17) is 40.9 Å². The number of fused-ring (bicyclic) bond motifs is 12. The first-order valence-electron chi connectivity index (χ1n) is 49.0. The van der Waals surface area contributed by atoms with E-state index in [1.807, 2.05) is 172 Å². The smallest absolute Gasteiger partial charge is 0.404 e. The van der Waals surface area contributed by atoms with Crippen LogP contribution in [0.4, 0.5) is 14.4 Å². The monoisotopic (exact) mass is 2760 g/mol. The van der Waals surface area contributed by atoms with Crippen LogP contribution in [-0.4, -0.2) is 128 Å². The number of nitrogens with one attached hydrogen (secondary N) is 3. The Morgan fingerprint density at radius 1 is 0.309 bits per heavy atom. The van der Waals surface area contributed by atoms with Crippen molar-refractivity contribution in [2.75, 3.05) is 13.1 Å². The Hall–Kier alpha value is -12.1. The fourth-order valence-electron chi connectivity index (χ4n) is 16.5. The first-order chi connectivity index (χ1) is 67.9. The van der Waals surface area contributed by atoms with Gasteiger partial charge < -0.3 is 81.4 Å². The molecule has 4 aromatic heterocycles. The molecule has 0 saturated heterocycles. The van der Waals surface area contributed by atoms with E-state index < -0.39 is 48.1 Å². The first-order valence-corrected chi connectivity index (χ1v) is 49.0. The van der Waals surface area contributed by atoms with Crippen LogP contribution in [0.2, 0.25) is 0 Å². The molecule has 2 aliphatic rings. The van der Waals surface area contributed by atoms with Gasteiger partial charge in [0.25, 0.3) is 0 Å². The normalized spacial score (nSPS) is 11.2. The van der Waals surface area contributed by atoms with Crippen molar-refractivity contribution < 1.29 is 163 Å². The van der Waals surface area contributed by atoms with Crippen LogP contribution in [0.15, 0.2) is 310 Å². The molecule has 17 rings (SSSR count). The predicted octanol–water partition coefficient (Wildman–Crippen LogP) is 30.0. The second-order valence-electron chi connectivity index (χ2n) is 36.5. The van der Waals surface area contributed by atoms with E-state index in [0.29, 0.717) is 37.4 Å². The molecule has 0 unspecified atom stereocenters. The molecule has 2 saturated carbocycles. The third kappa shape index (κ3) is 60.3. The van der Waals surface area contributed by atoms with Gasteiger partial charge in [0, 0.05) is 191 Å². The SMILES string of the molecule is CC(C)(C)CC(C)(C)CC(=O)O.CCCCCCCC(=O)O.CCCCCCNC(=O)O.N.N.N.N.O=C(O)CC1CCCCC1.O=C(O)CCCc1ccccc1.O=C(O)NC1CCCCC1.O=C(O)NCCc1ccccc1.O=C(O)c1ccccc1.[Pt].[Pt].[Pt].[Pt].c1ccc2c(c1)cnc1ccccc12.c1ccc2c(c1)cnc1ccccc12.c1ccc2c(c1)cnc1ccccc12.c1ccc2c(c1)cnc1ccccc12. The molecule has 0 aliphatic heterocycles. The van der Waals surface area contributed by atoms with Gasteiger partial charge in [-0.05, 0) is 150 Å².